The second kappa shape index (κ2) is 12.0. The fourth-order valence-corrected chi connectivity index (χ4v) is 5.03. The SMILES string of the molecule is C=N/C=C(C)\C=C(/C)c1nnc(NS(=O)(=O)[C@H](C)[C@@H](C)c2ncc(C)cn2)n1-c1c(OC)cccc1OC. The van der Waals surface area contributed by atoms with Crippen LogP contribution in [0.1, 0.15) is 50.8 Å². The van der Waals surface area contributed by atoms with E-state index in [4.69, 9.17) is 9.47 Å². The minimum absolute atomic E-state index is 0.0251. The molecule has 202 valence electrons. The lowest BCUT2D eigenvalue weighted by Gasteiger charge is -2.21. The van der Waals surface area contributed by atoms with Gasteiger partial charge in [-0.2, -0.15) is 0 Å². The van der Waals surface area contributed by atoms with E-state index in [9.17, 15) is 8.42 Å². The van der Waals surface area contributed by atoms with Crippen molar-refractivity contribution in [1.82, 2.24) is 24.7 Å². The van der Waals surface area contributed by atoms with E-state index in [1.807, 2.05) is 26.8 Å². The Labute approximate surface area is 223 Å². The minimum Gasteiger partial charge on any atom is -0.494 e. The highest BCUT2D eigenvalue weighted by Crippen LogP contribution is 2.37. The van der Waals surface area contributed by atoms with Gasteiger partial charge < -0.3 is 9.47 Å². The van der Waals surface area contributed by atoms with Crippen LogP contribution < -0.4 is 14.2 Å². The number of sulfonamides is 1. The molecule has 2 heterocycles. The molecule has 0 spiro atoms. The average Bonchev–Trinajstić information content (AvgIpc) is 3.30. The van der Waals surface area contributed by atoms with E-state index >= 15 is 0 Å². The number of aromatic nitrogens is 5. The Morgan fingerprint density at radius 1 is 1.11 bits per heavy atom. The number of anilines is 1. The van der Waals surface area contributed by atoms with Crippen molar-refractivity contribution in [1.29, 1.82) is 0 Å². The lowest BCUT2D eigenvalue weighted by molar-refractivity contribution is 0.391. The number of rotatable bonds is 11. The van der Waals surface area contributed by atoms with Gasteiger partial charge in [-0.1, -0.05) is 19.1 Å². The number of methoxy groups -OCH3 is 2. The van der Waals surface area contributed by atoms with Crippen molar-refractivity contribution in [2.24, 2.45) is 4.99 Å². The van der Waals surface area contributed by atoms with Crippen molar-refractivity contribution in [3.05, 3.63) is 65.7 Å². The van der Waals surface area contributed by atoms with Crippen LogP contribution >= 0.6 is 0 Å². The monoisotopic (exact) mass is 539 g/mol. The second-order valence-corrected chi connectivity index (χ2v) is 10.9. The van der Waals surface area contributed by atoms with Crippen LogP contribution in [0, 0.1) is 6.92 Å². The average molecular weight is 540 g/mol. The third-order valence-electron chi connectivity index (χ3n) is 6.02. The minimum atomic E-state index is -3.97. The molecule has 3 aromatic rings. The molecule has 1 aromatic carbocycles. The van der Waals surface area contributed by atoms with Crippen LogP contribution in [-0.4, -0.2) is 59.3 Å². The van der Waals surface area contributed by atoms with E-state index in [0.29, 0.717) is 34.4 Å². The summed E-state index contributed by atoms with van der Waals surface area (Å²) in [5.74, 6) is 1.17. The molecule has 0 aliphatic heterocycles. The number of aliphatic imine (C=N–C) groups is 1. The van der Waals surface area contributed by atoms with Crippen LogP contribution in [0.5, 0.6) is 11.5 Å². The van der Waals surface area contributed by atoms with Crippen molar-refractivity contribution < 1.29 is 17.9 Å². The van der Waals surface area contributed by atoms with E-state index < -0.39 is 21.2 Å². The Morgan fingerprint density at radius 3 is 2.26 bits per heavy atom. The van der Waals surface area contributed by atoms with E-state index in [1.165, 1.54) is 14.2 Å². The Balaban J connectivity index is 2.16. The van der Waals surface area contributed by atoms with E-state index in [0.717, 1.165) is 11.1 Å². The third kappa shape index (κ3) is 6.08. The summed E-state index contributed by atoms with van der Waals surface area (Å²) in [4.78, 5) is 12.4. The standard InChI is InChI=1S/C26H33N7O4S/c1-16(13-27-6)12-18(3)25-30-31-26(33(25)23-21(36-7)10-9-11-22(23)37-8)32-38(34,35)20(5)19(4)24-28-14-17(2)15-29-24/h9-15,19-20H,6H2,1-5,7-8H3,(H,31,32)/b16-13-,18-12+/t19-,20-/m1/s1. The number of allylic oxidation sites excluding steroid dienone is 3. The summed E-state index contributed by atoms with van der Waals surface area (Å²) >= 11 is 0. The van der Waals surface area contributed by atoms with Crippen LogP contribution in [0.15, 0.2) is 53.4 Å². The largest absolute Gasteiger partial charge is 0.494 e. The fraction of sp³-hybridized carbons (Fsp3) is 0.346. The molecule has 0 aliphatic carbocycles. The second-order valence-electron chi connectivity index (χ2n) is 8.84. The molecule has 0 unspecified atom stereocenters. The molecule has 38 heavy (non-hydrogen) atoms. The van der Waals surface area contributed by atoms with Gasteiger partial charge in [0.1, 0.15) is 23.0 Å². The molecule has 0 bridgehead atoms. The van der Waals surface area contributed by atoms with Gasteiger partial charge in [-0.3, -0.25) is 14.3 Å². The first kappa shape index (κ1) is 28.5. The highest BCUT2D eigenvalue weighted by atomic mass is 32.2. The molecule has 0 fully saturated rings. The summed E-state index contributed by atoms with van der Waals surface area (Å²) in [6, 6.07) is 5.25. The fourth-order valence-electron chi connectivity index (χ4n) is 3.79. The Kier molecular flexibility index (Phi) is 9.00. The Morgan fingerprint density at radius 2 is 1.71 bits per heavy atom. The zero-order chi connectivity index (χ0) is 28.0. The van der Waals surface area contributed by atoms with Crippen molar-refractivity contribution in [3.8, 4) is 17.2 Å². The maximum atomic E-state index is 13.6. The van der Waals surface area contributed by atoms with Crippen LogP contribution in [0.3, 0.4) is 0 Å². The summed E-state index contributed by atoms with van der Waals surface area (Å²) in [6.45, 7) is 12.4. The maximum absolute atomic E-state index is 13.6. The molecule has 0 radical (unpaired) electrons. The number of para-hydroxylation sites is 1. The molecule has 1 N–H and O–H groups in total. The van der Waals surface area contributed by atoms with Crippen molar-refractivity contribution >= 4 is 28.3 Å². The number of aryl methyl sites for hydroxylation is 1. The van der Waals surface area contributed by atoms with Gasteiger partial charge in [-0.15, -0.1) is 10.2 Å². The first-order valence-corrected chi connectivity index (χ1v) is 13.4. The molecule has 2 aromatic heterocycles. The van der Waals surface area contributed by atoms with Crippen molar-refractivity contribution in [3.63, 3.8) is 0 Å². The third-order valence-corrected chi connectivity index (χ3v) is 7.87. The predicted molar refractivity (Wildman–Crippen MR) is 149 cm³/mol. The molecule has 0 saturated carbocycles. The summed E-state index contributed by atoms with van der Waals surface area (Å²) in [5.41, 5.74) is 2.84. The summed E-state index contributed by atoms with van der Waals surface area (Å²) in [7, 11) is -0.940. The van der Waals surface area contributed by atoms with Crippen LogP contribution in [0.2, 0.25) is 0 Å². The number of nitrogens with one attached hydrogen (secondary N) is 1. The number of ether oxygens (including phenoxy) is 2. The van der Waals surface area contributed by atoms with Gasteiger partial charge in [0.2, 0.25) is 16.0 Å². The van der Waals surface area contributed by atoms with Crippen LogP contribution in [0.4, 0.5) is 5.95 Å². The van der Waals surface area contributed by atoms with Gasteiger partial charge in [0.25, 0.3) is 0 Å². The topological polar surface area (TPSA) is 133 Å². The van der Waals surface area contributed by atoms with E-state index in [-0.39, 0.29) is 5.95 Å². The normalized spacial score (nSPS) is 14.1. The Bertz CT molecular complexity index is 1440. The van der Waals surface area contributed by atoms with Gasteiger partial charge >= 0.3 is 0 Å². The summed E-state index contributed by atoms with van der Waals surface area (Å²) in [5, 5.41) is 7.64. The van der Waals surface area contributed by atoms with E-state index in [2.05, 4.69) is 36.6 Å². The molecule has 0 amide bonds. The summed E-state index contributed by atoms with van der Waals surface area (Å²) < 4.78 is 42.5. The lowest BCUT2D eigenvalue weighted by atomic mass is 10.1. The molecule has 0 aliphatic rings. The zero-order valence-electron chi connectivity index (χ0n) is 22.6. The predicted octanol–water partition coefficient (Wildman–Crippen LogP) is 4.32. The van der Waals surface area contributed by atoms with Crippen LogP contribution in [-0.2, 0) is 10.0 Å². The molecule has 11 nitrogen and oxygen atoms in total. The highest BCUT2D eigenvalue weighted by molar-refractivity contribution is 7.93. The first-order valence-electron chi connectivity index (χ1n) is 11.8. The molecule has 3 rings (SSSR count). The Hall–Kier alpha value is -4.06. The zero-order valence-corrected chi connectivity index (χ0v) is 23.4. The smallest absolute Gasteiger partial charge is 0.243 e. The molecular formula is C26H33N7O4S. The van der Waals surface area contributed by atoms with Crippen molar-refractivity contribution in [2.45, 2.75) is 45.8 Å². The number of benzene rings is 1. The number of hydrogen-bond acceptors (Lipinski definition) is 9. The molecule has 0 saturated heterocycles. The summed E-state index contributed by atoms with van der Waals surface area (Å²) in [6.07, 6.45) is 6.77. The number of hydrogen-bond donors (Lipinski definition) is 1. The van der Waals surface area contributed by atoms with Gasteiger partial charge in [0, 0.05) is 24.5 Å². The van der Waals surface area contributed by atoms with Gasteiger partial charge in [0.15, 0.2) is 5.82 Å². The molecular weight excluding hydrogens is 506 g/mol. The van der Waals surface area contributed by atoms with Gasteiger partial charge in [-0.25, -0.2) is 18.4 Å². The lowest BCUT2D eigenvalue weighted by Crippen LogP contribution is -2.31. The quantitative estimate of drug-likeness (QED) is 0.281. The van der Waals surface area contributed by atoms with Crippen molar-refractivity contribution in [2.75, 3.05) is 18.9 Å². The molecule has 2 atom stereocenters. The maximum Gasteiger partial charge on any atom is 0.243 e. The van der Waals surface area contributed by atoms with E-state index in [1.54, 1.807) is 55.2 Å². The first-order chi connectivity index (χ1) is 18.0. The highest BCUT2D eigenvalue weighted by Gasteiger charge is 2.32. The number of nitrogens with zero attached hydrogens (tertiary/aromatic N) is 6. The van der Waals surface area contributed by atoms with Gasteiger partial charge in [-0.05, 0) is 63.3 Å². The molecule has 12 heteroatoms. The van der Waals surface area contributed by atoms with Gasteiger partial charge in [0.05, 0.1) is 19.5 Å². The van der Waals surface area contributed by atoms with Crippen LogP contribution in [0.25, 0.3) is 11.3 Å².